The van der Waals surface area contributed by atoms with Gasteiger partial charge in [-0.1, -0.05) is 27.7 Å². The zero-order valence-corrected chi connectivity index (χ0v) is 9.36. The predicted molar refractivity (Wildman–Crippen MR) is 55.4 cm³/mol. The molecule has 2 heteroatoms. The molecule has 0 amide bonds. The molecule has 0 aliphatic heterocycles. The van der Waals surface area contributed by atoms with E-state index in [0.29, 0.717) is 17.5 Å². The van der Waals surface area contributed by atoms with E-state index in [-0.39, 0.29) is 0 Å². The van der Waals surface area contributed by atoms with Gasteiger partial charge < -0.3 is 10.6 Å². The third-order valence-electron chi connectivity index (χ3n) is 2.46. The lowest BCUT2D eigenvalue weighted by Gasteiger charge is -2.36. The van der Waals surface area contributed by atoms with Crippen LogP contribution >= 0.6 is 0 Å². The highest BCUT2D eigenvalue weighted by Crippen LogP contribution is 2.22. The topological polar surface area (TPSA) is 24.1 Å². The Kier molecular flexibility index (Phi) is 4.80. The molecule has 0 spiro atoms. The highest BCUT2D eigenvalue weighted by molar-refractivity contribution is 4.88. The molecule has 0 fully saturated rings. The Labute approximate surface area is 77.1 Å². The van der Waals surface area contributed by atoms with Crippen molar-refractivity contribution in [2.75, 3.05) is 14.1 Å². The molecule has 2 nitrogen and oxygen atoms in total. The fourth-order valence-electron chi connectivity index (χ4n) is 1.84. The van der Waals surface area contributed by atoms with E-state index in [9.17, 15) is 0 Å². The Hall–Kier alpha value is -0.0800. The van der Waals surface area contributed by atoms with Crippen LogP contribution < -0.4 is 10.6 Å². The second-order valence-electron chi connectivity index (χ2n) is 4.44. The predicted octanol–water partition coefficient (Wildman–Crippen LogP) is 1.62. The van der Waals surface area contributed by atoms with Gasteiger partial charge in [-0.15, -0.1) is 0 Å². The lowest BCUT2D eigenvalue weighted by atomic mass is 9.81. The minimum absolute atomic E-state index is 0.318. The molecule has 0 aromatic heterocycles. The molecule has 0 aliphatic rings. The monoisotopic (exact) mass is 172 g/mol. The Morgan fingerprint density at radius 1 is 1.08 bits per heavy atom. The maximum absolute atomic E-state index is 3.38. The number of likely N-dealkylation sites (N-methyl/N-ethyl adjacent to an activating group) is 2. The molecule has 0 radical (unpaired) electrons. The van der Waals surface area contributed by atoms with Crippen molar-refractivity contribution in [3.05, 3.63) is 0 Å². The first kappa shape index (κ1) is 11.9. The quantitative estimate of drug-likeness (QED) is 0.673. The van der Waals surface area contributed by atoms with Crippen LogP contribution in [0.3, 0.4) is 0 Å². The Balaban J connectivity index is 4.31. The second-order valence-corrected chi connectivity index (χ2v) is 4.44. The summed E-state index contributed by atoms with van der Waals surface area (Å²) in [6.07, 6.45) is 1.17. The van der Waals surface area contributed by atoms with E-state index >= 15 is 0 Å². The Bertz CT molecular complexity index is 111. The highest BCUT2D eigenvalue weighted by Gasteiger charge is 2.28. The molecular formula is C10H24N2. The SMILES string of the molecule is CCC(NC)C(NC)C(C)(C)C. The smallest absolute Gasteiger partial charge is 0.0266 e. The van der Waals surface area contributed by atoms with Gasteiger partial charge in [-0.3, -0.25) is 0 Å². The number of nitrogens with one attached hydrogen (secondary N) is 2. The molecule has 0 aromatic carbocycles. The molecular weight excluding hydrogens is 148 g/mol. The van der Waals surface area contributed by atoms with E-state index < -0.39 is 0 Å². The van der Waals surface area contributed by atoms with Crippen molar-refractivity contribution in [2.24, 2.45) is 5.41 Å². The van der Waals surface area contributed by atoms with Gasteiger partial charge in [0.2, 0.25) is 0 Å². The summed E-state index contributed by atoms with van der Waals surface area (Å²) >= 11 is 0. The van der Waals surface area contributed by atoms with Gasteiger partial charge >= 0.3 is 0 Å². The molecule has 2 atom stereocenters. The maximum atomic E-state index is 3.38. The molecule has 12 heavy (non-hydrogen) atoms. The van der Waals surface area contributed by atoms with Crippen LogP contribution in [0.4, 0.5) is 0 Å². The summed E-state index contributed by atoms with van der Waals surface area (Å²) in [4.78, 5) is 0. The van der Waals surface area contributed by atoms with Crippen molar-refractivity contribution in [3.8, 4) is 0 Å². The van der Waals surface area contributed by atoms with Gasteiger partial charge in [-0.05, 0) is 25.9 Å². The lowest BCUT2D eigenvalue weighted by molar-refractivity contribution is 0.222. The van der Waals surface area contributed by atoms with Crippen molar-refractivity contribution in [3.63, 3.8) is 0 Å². The van der Waals surface area contributed by atoms with E-state index in [2.05, 4.69) is 38.3 Å². The summed E-state index contributed by atoms with van der Waals surface area (Å²) in [6.45, 7) is 9.04. The van der Waals surface area contributed by atoms with Crippen molar-refractivity contribution >= 4 is 0 Å². The average Bonchev–Trinajstić information content (AvgIpc) is 1.97. The summed E-state index contributed by atoms with van der Waals surface area (Å²) in [6, 6.07) is 1.10. The standard InChI is InChI=1S/C10H24N2/c1-7-8(11-5)9(12-6)10(2,3)4/h8-9,11-12H,7H2,1-6H3. The zero-order valence-electron chi connectivity index (χ0n) is 9.36. The molecule has 2 unspecified atom stereocenters. The van der Waals surface area contributed by atoms with Crippen LogP contribution in [0.25, 0.3) is 0 Å². The van der Waals surface area contributed by atoms with Crippen molar-refractivity contribution in [1.29, 1.82) is 0 Å². The normalized spacial score (nSPS) is 17.5. The minimum Gasteiger partial charge on any atom is -0.315 e. The highest BCUT2D eigenvalue weighted by atomic mass is 15.0. The van der Waals surface area contributed by atoms with Crippen LogP contribution in [0, 0.1) is 5.41 Å². The number of rotatable bonds is 4. The maximum Gasteiger partial charge on any atom is 0.0266 e. The van der Waals surface area contributed by atoms with Crippen LogP contribution in [0.2, 0.25) is 0 Å². The number of hydrogen-bond donors (Lipinski definition) is 2. The van der Waals surface area contributed by atoms with Crippen LogP contribution in [-0.4, -0.2) is 26.2 Å². The molecule has 0 bridgehead atoms. The van der Waals surface area contributed by atoms with E-state index in [1.165, 1.54) is 6.42 Å². The molecule has 2 N–H and O–H groups in total. The van der Waals surface area contributed by atoms with Crippen LogP contribution in [0.15, 0.2) is 0 Å². The molecule has 0 rings (SSSR count). The summed E-state index contributed by atoms with van der Waals surface area (Å²) in [7, 11) is 4.07. The zero-order chi connectivity index (χ0) is 9.78. The van der Waals surface area contributed by atoms with Crippen molar-refractivity contribution in [1.82, 2.24) is 10.6 Å². The second kappa shape index (κ2) is 4.83. The molecule has 0 aromatic rings. The molecule has 74 valence electrons. The third-order valence-corrected chi connectivity index (χ3v) is 2.46. The lowest BCUT2D eigenvalue weighted by Crippen LogP contribution is -2.52. The molecule has 0 saturated carbocycles. The first-order valence-corrected chi connectivity index (χ1v) is 4.81. The summed E-state index contributed by atoms with van der Waals surface area (Å²) < 4.78 is 0. The first-order valence-electron chi connectivity index (χ1n) is 4.81. The fourth-order valence-corrected chi connectivity index (χ4v) is 1.84. The fraction of sp³-hybridized carbons (Fsp3) is 1.00. The number of hydrogen-bond acceptors (Lipinski definition) is 2. The summed E-state index contributed by atoms with van der Waals surface area (Å²) in [5.41, 5.74) is 0.318. The largest absolute Gasteiger partial charge is 0.315 e. The summed E-state index contributed by atoms with van der Waals surface area (Å²) in [5, 5.41) is 6.73. The third kappa shape index (κ3) is 3.11. The van der Waals surface area contributed by atoms with Gasteiger partial charge in [0.25, 0.3) is 0 Å². The molecule has 0 aliphatic carbocycles. The van der Waals surface area contributed by atoms with Crippen molar-refractivity contribution in [2.45, 2.75) is 46.2 Å². The summed E-state index contributed by atoms with van der Waals surface area (Å²) in [5.74, 6) is 0. The van der Waals surface area contributed by atoms with Gasteiger partial charge in [-0.2, -0.15) is 0 Å². The average molecular weight is 172 g/mol. The first-order chi connectivity index (χ1) is 5.47. The minimum atomic E-state index is 0.318. The van der Waals surface area contributed by atoms with Gasteiger partial charge in [0.1, 0.15) is 0 Å². The van der Waals surface area contributed by atoms with Crippen LogP contribution in [0.5, 0.6) is 0 Å². The van der Waals surface area contributed by atoms with Gasteiger partial charge in [-0.25, -0.2) is 0 Å². The van der Waals surface area contributed by atoms with Gasteiger partial charge in [0.15, 0.2) is 0 Å². The van der Waals surface area contributed by atoms with E-state index in [4.69, 9.17) is 0 Å². The van der Waals surface area contributed by atoms with E-state index in [0.717, 1.165) is 0 Å². The van der Waals surface area contributed by atoms with Gasteiger partial charge in [0, 0.05) is 12.1 Å². The van der Waals surface area contributed by atoms with Gasteiger partial charge in [0.05, 0.1) is 0 Å². The molecule has 0 saturated heterocycles. The van der Waals surface area contributed by atoms with E-state index in [1.54, 1.807) is 0 Å². The Morgan fingerprint density at radius 3 is 1.67 bits per heavy atom. The van der Waals surface area contributed by atoms with Crippen molar-refractivity contribution < 1.29 is 0 Å². The van der Waals surface area contributed by atoms with Crippen LogP contribution in [-0.2, 0) is 0 Å². The Morgan fingerprint density at radius 2 is 1.58 bits per heavy atom. The van der Waals surface area contributed by atoms with Crippen LogP contribution in [0.1, 0.15) is 34.1 Å². The molecule has 0 heterocycles. The van der Waals surface area contributed by atoms with E-state index in [1.807, 2.05) is 14.1 Å².